The molecular weight excluding hydrogens is 358 g/mol. The van der Waals surface area contributed by atoms with Crippen LogP contribution in [-0.2, 0) is 12.2 Å². The number of nitrogens with zero attached hydrogens (tertiary/aromatic N) is 2. The lowest BCUT2D eigenvalue weighted by molar-refractivity contribution is 0.540. The maximum atomic E-state index is 12.0. The van der Waals surface area contributed by atoms with Crippen molar-refractivity contribution in [1.29, 1.82) is 0 Å². The number of nitrogens with one attached hydrogen (secondary N) is 1. The molecule has 7 heteroatoms. The highest BCUT2D eigenvalue weighted by Gasteiger charge is 2.13. The molecule has 25 heavy (non-hydrogen) atoms. The molecule has 2 aromatic heterocycles. The van der Waals surface area contributed by atoms with E-state index in [2.05, 4.69) is 15.0 Å². The molecule has 0 saturated carbocycles. The van der Waals surface area contributed by atoms with E-state index in [1.165, 1.54) is 11.8 Å². The molecule has 0 aliphatic heterocycles. The molecule has 1 aromatic carbocycles. The number of rotatable bonds is 5. The third-order valence-electron chi connectivity index (χ3n) is 3.86. The summed E-state index contributed by atoms with van der Waals surface area (Å²) in [5.41, 5.74) is 3.07. The van der Waals surface area contributed by atoms with Crippen LogP contribution in [0, 0.1) is 13.8 Å². The van der Waals surface area contributed by atoms with Gasteiger partial charge in [0.15, 0.2) is 5.16 Å². The number of hydrogen-bond acceptors (Lipinski definition) is 5. The highest BCUT2D eigenvalue weighted by atomic mass is 35.5. The summed E-state index contributed by atoms with van der Waals surface area (Å²) in [4.78, 5) is 23.9. The first-order valence-electron chi connectivity index (χ1n) is 7.92. The molecule has 3 aromatic rings. The summed E-state index contributed by atoms with van der Waals surface area (Å²) in [5.74, 6) is 1.84. The Hall–Kier alpha value is -2.05. The van der Waals surface area contributed by atoms with Gasteiger partial charge in [-0.25, -0.2) is 9.97 Å². The number of aryl methyl sites for hydroxylation is 2. The third kappa shape index (κ3) is 3.96. The molecule has 0 atom stereocenters. The number of thioether (sulfide) groups is 1. The standard InChI is InChI=1S/C18H18ClN3O2S/c1-4-14-10(2)20-18(22-16(14)23)25-9-15-11(3)24-17(21-15)12-6-5-7-13(19)8-12/h5-8H,4,9H2,1-3H3,(H,20,22,23). The minimum atomic E-state index is -0.0750. The number of oxazole rings is 1. The highest BCUT2D eigenvalue weighted by Crippen LogP contribution is 2.27. The molecule has 5 nitrogen and oxygen atoms in total. The number of benzene rings is 1. The van der Waals surface area contributed by atoms with Crippen LogP contribution in [0.1, 0.15) is 29.6 Å². The van der Waals surface area contributed by atoms with Crippen molar-refractivity contribution in [1.82, 2.24) is 15.0 Å². The Morgan fingerprint density at radius 2 is 2.08 bits per heavy atom. The Balaban J connectivity index is 1.79. The Morgan fingerprint density at radius 3 is 2.76 bits per heavy atom. The van der Waals surface area contributed by atoms with Gasteiger partial charge < -0.3 is 9.40 Å². The maximum Gasteiger partial charge on any atom is 0.254 e. The van der Waals surface area contributed by atoms with Gasteiger partial charge in [0, 0.05) is 27.6 Å². The van der Waals surface area contributed by atoms with Crippen molar-refractivity contribution in [2.24, 2.45) is 0 Å². The minimum Gasteiger partial charge on any atom is -0.441 e. The minimum absolute atomic E-state index is 0.0750. The van der Waals surface area contributed by atoms with Gasteiger partial charge in [0.25, 0.3) is 5.56 Å². The van der Waals surface area contributed by atoms with E-state index in [1.807, 2.05) is 45.0 Å². The second-order valence-corrected chi connectivity index (χ2v) is 7.01. The van der Waals surface area contributed by atoms with Gasteiger partial charge in [0.05, 0.1) is 5.69 Å². The Morgan fingerprint density at radius 1 is 1.28 bits per heavy atom. The van der Waals surface area contributed by atoms with Crippen LogP contribution in [0.4, 0.5) is 0 Å². The largest absolute Gasteiger partial charge is 0.441 e. The molecule has 1 N–H and O–H groups in total. The lowest BCUT2D eigenvalue weighted by atomic mass is 10.2. The highest BCUT2D eigenvalue weighted by molar-refractivity contribution is 7.98. The number of halogens is 1. The quantitative estimate of drug-likeness (QED) is 0.523. The van der Waals surface area contributed by atoms with Crippen LogP contribution in [0.2, 0.25) is 5.02 Å². The first-order chi connectivity index (χ1) is 12.0. The topological polar surface area (TPSA) is 71.8 Å². The summed E-state index contributed by atoms with van der Waals surface area (Å²) in [7, 11) is 0. The number of H-pyrrole nitrogens is 1. The molecule has 0 fully saturated rings. The zero-order chi connectivity index (χ0) is 18.0. The van der Waals surface area contributed by atoms with E-state index < -0.39 is 0 Å². The van der Waals surface area contributed by atoms with Gasteiger partial charge in [-0.3, -0.25) is 4.79 Å². The smallest absolute Gasteiger partial charge is 0.254 e. The van der Waals surface area contributed by atoms with Crippen LogP contribution < -0.4 is 5.56 Å². The van der Waals surface area contributed by atoms with Crippen molar-refractivity contribution in [3.8, 4) is 11.5 Å². The predicted octanol–water partition coefficient (Wildman–Crippen LogP) is 4.55. The summed E-state index contributed by atoms with van der Waals surface area (Å²) < 4.78 is 5.75. The summed E-state index contributed by atoms with van der Waals surface area (Å²) in [6, 6.07) is 7.38. The molecule has 0 aliphatic carbocycles. The van der Waals surface area contributed by atoms with Gasteiger partial charge in [-0.15, -0.1) is 0 Å². The second kappa shape index (κ2) is 7.45. The van der Waals surface area contributed by atoms with E-state index >= 15 is 0 Å². The molecule has 0 bridgehead atoms. The molecule has 3 rings (SSSR count). The van der Waals surface area contributed by atoms with Crippen molar-refractivity contribution >= 4 is 23.4 Å². The summed E-state index contributed by atoms with van der Waals surface area (Å²) in [6.45, 7) is 5.68. The molecule has 0 amide bonds. The fourth-order valence-electron chi connectivity index (χ4n) is 2.51. The van der Waals surface area contributed by atoms with E-state index in [-0.39, 0.29) is 5.56 Å². The number of hydrogen-bond donors (Lipinski definition) is 1. The monoisotopic (exact) mass is 375 g/mol. The predicted molar refractivity (Wildman–Crippen MR) is 100 cm³/mol. The van der Waals surface area contributed by atoms with Gasteiger partial charge in [-0.1, -0.05) is 36.4 Å². The van der Waals surface area contributed by atoms with Crippen LogP contribution in [-0.4, -0.2) is 15.0 Å². The van der Waals surface area contributed by atoms with Crippen LogP contribution in [0.3, 0.4) is 0 Å². The number of aromatic nitrogens is 3. The van der Waals surface area contributed by atoms with Gasteiger partial charge in [0.2, 0.25) is 5.89 Å². The van der Waals surface area contributed by atoms with Crippen molar-refractivity contribution in [2.75, 3.05) is 0 Å². The van der Waals surface area contributed by atoms with E-state index in [0.717, 1.165) is 28.3 Å². The van der Waals surface area contributed by atoms with E-state index in [1.54, 1.807) is 0 Å². The first kappa shape index (κ1) is 17.8. The summed E-state index contributed by atoms with van der Waals surface area (Å²) >= 11 is 7.45. The molecule has 2 heterocycles. The molecule has 0 radical (unpaired) electrons. The van der Waals surface area contributed by atoms with Gasteiger partial charge >= 0.3 is 0 Å². The Labute approximate surface area is 154 Å². The van der Waals surface area contributed by atoms with Crippen molar-refractivity contribution in [2.45, 2.75) is 38.1 Å². The van der Waals surface area contributed by atoms with Crippen molar-refractivity contribution in [3.05, 3.63) is 62.4 Å². The Kier molecular flexibility index (Phi) is 5.30. The average molecular weight is 376 g/mol. The van der Waals surface area contributed by atoms with Crippen molar-refractivity contribution < 1.29 is 4.42 Å². The SMILES string of the molecule is CCc1c(C)nc(SCc2nc(-c3cccc(Cl)c3)oc2C)[nH]c1=O. The molecule has 0 unspecified atom stereocenters. The molecule has 0 spiro atoms. The fourth-order valence-corrected chi connectivity index (χ4v) is 3.61. The zero-order valence-electron chi connectivity index (χ0n) is 14.2. The summed E-state index contributed by atoms with van der Waals surface area (Å²) in [6.07, 6.45) is 0.671. The third-order valence-corrected chi connectivity index (χ3v) is 4.98. The maximum absolute atomic E-state index is 12.0. The number of aromatic amines is 1. The van der Waals surface area contributed by atoms with E-state index in [9.17, 15) is 4.79 Å². The van der Waals surface area contributed by atoms with Crippen LogP contribution in [0.15, 0.2) is 38.6 Å². The first-order valence-corrected chi connectivity index (χ1v) is 9.29. The van der Waals surface area contributed by atoms with Gasteiger partial charge in [-0.2, -0.15) is 0 Å². The lowest BCUT2D eigenvalue weighted by Gasteiger charge is -2.04. The fraction of sp³-hybridized carbons (Fsp3) is 0.278. The van der Waals surface area contributed by atoms with Crippen molar-refractivity contribution in [3.63, 3.8) is 0 Å². The average Bonchev–Trinajstić information content (AvgIpc) is 2.94. The molecule has 0 aliphatic rings. The molecular formula is C18H18ClN3O2S. The molecule has 130 valence electrons. The normalized spacial score (nSPS) is 11.0. The van der Waals surface area contributed by atoms with E-state index in [4.69, 9.17) is 16.0 Å². The summed E-state index contributed by atoms with van der Waals surface area (Å²) in [5, 5.41) is 1.23. The Bertz CT molecular complexity index is 965. The van der Waals surface area contributed by atoms with Crippen LogP contribution in [0.5, 0.6) is 0 Å². The second-order valence-electron chi connectivity index (χ2n) is 5.61. The van der Waals surface area contributed by atoms with Gasteiger partial charge in [0.1, 0.15) is 5.76 Å². The zero-order valence-corrected chi connectivity index (χ0v) is 15.8. The molecule has 0 saturated heterocycles. The van der Waals surface area contributed by atoms with Crippen LogP contribution >= 0.6 is 23.4 Å². The lowest BCUT2D eigenvalue weighted by Crippen LogP contribution is -2.16. The van der Waals surface area contributed by atoms with Crippen LogP contribution in [0.25, 0.3) is 11.5 Å². The van der Waals surface area contributed by atoms with E-state index in [0.29, 0.717) is 28.2 Å². The van der Waals surface area contributed by atoms with Gasteiger partial charge in [-0.05, 0) is 38.5 Å².